The van der Waals surface area contributed by atoms with Gasteiger partial charge < -0.3 is 15.0 Å². The Balaban J connectivity index is 1.47. The van der Waals surface area contributed by atoms with E-state index < -0.39 is 0 Å². The van der Waals surface area contributed by atoms with Gasteiger partial charge in [-0.3, -0.25) is 9.20 Å². The molecule has 2 atom stereocenters. The second kappa shape index (κ2) is 8.24. The fourth-order valence-corrected chi connectivity index (χ4v) is 5.78. The summed E-state index contributed by atoms with van der Waals surface area (Å²) in [6, 6.07) is 6.64. The number of ether oxygens (including phenoxy) is 1. The molecule has 0 saturated carbocycles. The summed E-state index contributed by atoms with van der Waals surface area (Å²) < 4.78 is 22.0. The maximum atomic E-state index is 14.3. The minimum Gasteiger partial charge on any atom is -0.368 e. The highest BCUT2D eigenvalue weighted by Crippen LogP contribution is 2.37. The summed E-state index contributed by atoms with van der Waals surface area (Å²) in [5.74, 6) is 0.583. The molecule has 164 valence electrons. The molecule has 2 fully saturated rings. The fourth-order valence-electron chi connectivity index (χ4n) is 4.62. The summed E-state index contributed by atoms with van der Waals surface area (Å²) >= 11 is 1.71. The maximum Gasteiger partial charge on any atom is 0.251 e. The molecule has 3 aromatic rings. The number of halogens is 1. The second-order valence-electron chi connectivity index (χ2n) is 8.43. The predicted molar refractivity (Wildman–Crippen MR) is 120 cm³/mol. The van der Waals surface area contributed by atoms with Gasteiger partial charge in [0.15, 0.2) is 0 Å². The second-order valence-corrected chi connectivity index (χ2v) is 9.64. The maximum absolute atomic E-state index is 14.3. The van der Waals surface area contributed by atoms with Crippen LogP contribution in [0, 0.1) is 19.7 Å². The Labute approximate surface area is 185 Å². The molecule has 8 heteroatoms. The highest BCUT2D eigenvalue weighted by Gasteiger charge is 2.34. The van der Waals surface area contributed by atoms with Crippen LogP contribution in [0.1, 0.15) is 47.9 Å². The fraction of sp³-hybridized carbons (Fsp3) is 0.478. The molecular formula is C23H27FN4O2S. The van der Waals surface area contributed by atoms with Gasteiger partial charge in [0, 0.05) is 36.2 Å². The summed E-state index contributed by atoms with van der Waals surface area (Å²) in [5.41, 5.74) is 2.49. The zero-order valence-electron chi connectivity index (χ0n) is 17.9. The van der Waals surface area contributed by atoms with E-state index in [9.17, 15) is 9.18 Å². The summed E-state index contributed by atoms with van der Waals surface area (Å²) in [4.78, 5) is 22.1. The van der Waals surface area contributed by atoms with Crippen molar-refractivity contribution in [1.29, 1.82) is 0 Å². The van der Waals surface area contributed by atoms with Gasteiger partial charge in [0.05, 0.1) is 11.4 Å². The molecular weight excluding hydrogens is 415 g/mol. The summed E-state index contributed by atoms with van der Waals surface area (Å²) in [7, 11) is 0. The first kappa shape index (κ1) is 20.5. The number of anilines is 2. The Bertz CT molecular complexity index is 1120. The molecule has 0 spiro atoms. The third-order valence-electron chi connectivity index (χ3n) is 6.40. The highest BCUT2D eigenvalue weighted by atomic mass is 32.1. The molecule has 0 radical (unpaired) electrons. The van der Waals surface area contributed by atoms with Crippen LogP contribution in [0.3, 0.4) is 0 Å². The number of hydrogen-bond acceptors (Lipinski definition) is 5. The minimum absolute atomic E-state index is 0.112. The summed E-state index contributed by atoms with van der Waals surface area (Å²) in [6.07, 6.45) is 3.41. The van der Waals surface area contributed by atoms with Crippen LogP contribution >= 0.6 is 11.3 Å². The first-order chi connectivity index (χ1) is 15.0. The SMILES string of the molecule is Cc1sc2c([C@@H]3CCCN(C(=O)[C@@H]4CCCO4)C3)nc(Nc3ccccc3F)n2c1C. The van der Waals surface area contributed by atoms with E-state index in [4.69, 9.17) is 9.72 Å². The quantitative estimate of drug-likeness (QED) is 0.632. The molecule has 5 rings (SSSR count). The summed E-state index contributed by atoms with van der Waals surface area (Å²) in [6.45, 7) is 6.26. The van der Waals surface area contributed by atoms with Crippen molar-refractivity contribution in [3.8, 4) is 0 Å². The lowest BCUT2D eigenvalue weighted by molar-refractivity contribution is -0.142. The zero-order valence-corrected chi connectivity index (χ0v) is 18.7. The Hall–Kier alpha value is -2.45. The molecule has 2 aliphatic heterocycles. The molecule has 31 heavy (non-hydrogen) atoms. The van der Waals surface area contributed by atoms with Gasteiger partial charge in [0.25, 0.3) is 5.91 Å². The number of nitrogens with one attached hydrogen (secondary N) is 1. The van der Waals surface area contributed by atoms with E-state index in [0.717, 1.165) is 48.4 Å². The Kier molecular flexibility index (Phi) is 5.44. The van der Waals surface area contributed by atoms with Crippen molar-refractivity contribution in [2.75, 3.05) is 25.0 Å². The lowest BCUT2D eigenvalue weighted by Gasteiger charge is -2.33. The number of benzene rings is 1. The van der Waals surface area contributed by atoms with Crippen molar-refractivity contribution in [2.45, 2.75) is 51.6 Å². The summed E-state index contributed by atoms with van der Waals surface area (Å²) in [5, 5.41) is 3.19. The van der Waals surface area contributed by atoms with E-state index in [0.29, 0.717) is 24.8 Å². The number of imidazole rings is 1. The molecule has 6 nitrogen and oxygen atoms in total. The van der Waals surface area contributed by atoms with Gasteiger partial charge in [-0.15, -0.1) is 11.3 Å². The number of aromatic nitrogens is 2. The number of piperidine rings is 1. The molecule has 2 aromatic heterocycles. The number of fused-ring (bicyclic) bond motifs is 1. The molecule has 0 bridgehead atoms. The van der Waals surface area contributed by atoms with Crippen molar-refractivity contribution < 1.29 is 13.9 Å². The number of rotatable bonds is 4. The molecule has 0 aliphatic carbocycles. The van der Waals surface area contributed by atoms with Crippen LogP contribution in [0.25, 0.3) is 4.83 Å². The standard InChI is InChI=1S/C23H27FN4O2S/c1-14-15(2)31-22-20(26-23(28(14)22)25-18-9-4-3-8-17(18)24)16-7-5-11-27(13-16)21(29)19-10-6-12-30-19/h3-4,8-9,16,19H,5-7,10-13H2,1-2H3,(H,25,26)/t16-,19+/m1/s1. The van der Waals surface area contributed by atoms with Crippen molar-refractivity contribution in [2.24, 2.45) is 0 Å². The van der Waals surface area contributed by atoms with Crippen LogP contribution in [-0.4, -0.2) is 46.0 Å². The van der Waals surface area contributed by atoms with E-state index in [2.05, 4.69) is 23.6 Å². The highest BCUT2D eigenvalue weighted by molar-refractivity contribution is 7.17. The molecule has 1 amide bonds. The lowest BCUT2D eigenvalue weighted by Crippen LogP contribution is -2.44. The van der Waals surface area contributed by atoms with Crippen LogP contribution in [0.2, 0.25) is 0 Å². The number of likely N-dealkylation sites (tertiary alicyclic amines) is 1. The average molecular weight is 443 g/mol. The van der Waals surface area contributed by atoms with E-state index in [1.807, 2.05) is 4.90 Å². The molecule has 2 aliphatic rings. The Morgan fingerprint density at radius 1 is 1.26 bits per heavy atom. The first-order valence-electron chi connectivity index (χ1n) is 10.9. The van der Waals surface area contributed by atoms with Crippen LogP contribution in [0.15, 0.2) is 24.3 Å². The topological polar surface area (TPSA) is 58.9 Å². The van der Waals surface area contributed by atoms with Crippen molar-refractivity contribution >= 4 is 33.7 Å². The molecule has 1 N–H and O–H groups in total. The lowest BCUT2D eigenvalue weighted by atomic mass is 9.94. The number of carbonyl (C=O) groups excluding carboxylic acids is 1. The smallest absolute Gasteiger partial charge is 0.251 e. The molecule has 1 aromatic carbocycles. The minimum atomic E-state index is -0.309. The van der Waals surface area contributed by atoms with E-state index in [1.165, 1.54) is 10.9 Å². The van der Waals surface area contributed by atoms with Crippen molar-refractivity contribution in [3.63, 3.8) is 0 Å². The molecule has 2 saturated heterocycles. The average Bonchev–Trinajstić information content (AvgIpc) is 3.49. The van der Waals surface area contributed by atoms with Crippen LogP contribution in [0.4, 0.5) is 16.0 Å². The monoisotopic (exact) mass is 442 g/mol. The van der Waals surface area contributed by atoms with E-state index in [1.54, 1.807) is 29.5 Å². The van der Waals surface area contributed by atoms with Gasteiger partial charge in [0.2, 0.25) is 5.95 Å². The molecule has 0 unspecified atom stereocenters. The number of amides is 1. The van der Waals surface area contributed by atoms with Crippen molar-refractivity contribution in [1.82, 2.24) is 14.3 Å². The van der Waals surface area contributed by atoms with Crippen LogP contribution in [0.5, 0.6) is 0 Å². The van der Waals surface area contributed by atoms with Gasteiger partial charge in [-0.2, -0.15) is 0 Å². The van der Waals surface area contributed by atoms with E-state index >= 15 is 0 Å². The van der Waals surface area contributed by atoms with Gasteiger partial charge >= 0.3 is 0 Å². The third kappa shape index (κ3) is 3.72. The van der Waals surface area contributed by atoms with Gasteiger partial charge in [-0.05, 0) is 51.7 Å². The molecule has 4 heterocycles. The van der Waals surface area contributed by atoms with Gasteiger partial charge in [0.1, 0.15) is 16.8 Å². The Morgan fingerprint density at radius 3 is 2.87 bits per heavy atom. The number of thiazole rings is 1. The number of nitrogens with zero attached hydrogens (tertiary/aromatic N) is 3. The number of aryl methyl sites for hydroxylation is 2. The van der Waals surface area contributed by atoms with Crippen molar-refractivity contribution in [3.05, 3.63) is 46.3 Å². The normalized spacial score (nSPS) is 21.7. The van der Waals surface area contributed by atoms with Gasteiger partial charge in [-0.25, -0.2) is 9.37 Å². The van der Waals surface area contributed by atoms with Gasteiger partial charge in [-0.1, -0.05) is 12.1 Å². The number of carbonyl (C=O) groups is 1. The predicted octanol–water partition coefficient (Wildman–Crippen LogP) is 4.78. The van der Waals surface area contributed by atoms with Crippen LogP contribution < -0.4 is 5.32 Å². The largest absolute Gasteiger partial charge is 0.368 e. The van der Waals surface area contributed by atoms with Crippen LogP contribution in [-0.2, 0) is 9.53 Å². The number of para-hydroxylation sites is 1. The zero-order chi connectivity index (χ0) is 21.5. The third-order valence-corrected chi connectivity index (χ3v) is 7.59. The number of hydrogen-bond donors (Lipinski definition) is 1. The van der Waals surface area contributed by atoms with E-state index in [-0.39, 0.29) is 23.7 Å². The Morgan fingerprint density at radius 2 is 2.10 bits per heavy atom. The first-order valence-corrected chi connectivity index (χ1v) is 11.7.